The monoisotopic (exact) mass is 328 g/mol. The SMILES string of the molecule is CCc1nn(C)c2c1nc(C(C)Cl)n2CCCCCSC. The first kappa shape index (κ1) is 16.7. The van der Waals surface area contributed by atoms with Crippen molar-refractivity contribution in [3.63, 3.8) is 0 Å². The molecule has 118 valence electrons. The van der Waals surface area contributed by atoms with Crippen molar-refractivity contribution in [2.45, 2.75) is 51.5 Å². The number of nitrogens with zero attached hydrogens (tertiary/aromatic N) is 4. The highest BCUT2D eigenvalue weighted by Gasteiger charge is 2.20. The van der Waals surface area contributed by atoms with Crippen LogP contribution < -0.4 is 0 Å². The number of unbranched alkanes of at least 4 members (excludes halogenated alkanes) is 2. The lowest BCUT2D eigenvalue weighted by Gasteiger charge is -2.10. The zero-order chi connectivity index (χ0) is 15.4. The summed E-state index contributed by atoms with van der Waals surface area (Å²) >= 11 is 8.25. The Labute approximate surface area is 136 Å². The van der Waals surface area contributed by atoms with Gasteiger partial charge >= 0.3 is 0 Å². The molecule has 0 amide bonds. The third kappa shape index (κ3) is 3.57. The van der Waals surface area contributed by atoms with Crippen molar-refractivity contribution in [1.82, 2.24) is 19.3 Å². The molecule has 2 heterocycles. The van der Waals surface area contributed by atoms with Gasteiger partial charge < -0.3 is 4.57 Å². The van der Waals surface area contributed by atoms with Crippen molar-refractivity contribution < 1.29 is 0 Å². The standard InChI is InChI=1S/C15H25ClN4S/c1-5-12-13-15(19(3)18-12)20(14(17-13)11(2)16)9-7-6-8-10-21-4/h11H,5-10H2,1-4H3. The predicted molar refractivity (Wildman–Crippen MR) is 92.4 cm³/mol. The molecule has 0 fully saturated rings. The molecular formula is C15H25ClN4S. The first-order valence-electron chi connectivity index (χ1n) is 7.65. The Morgan fingerprint density at radius 3 is 2.67 bits per heavy atom. The van der Waals surface area contributed by atoms with E-state index in [0.29, 0.717) is 0 Å². The molecule has 0 saturated carbocycles. The van der Waals surface area contributed by atoms with Crippen molar-refractivity contribution in [3.8, 4) is 0 Å². The molecule has 1 atom stereocenters. The first-order valence-corrected chi connectivity index (χ1v) is 9.48. The van der Waals surface area contributed by atoms with Gasteiger partial charge in [-0.05, 0) is 38.2 Å². The van der Waals surface area contributed by atoms with Gasteiger partial charge in [0.2, 0.25) is 0 Å². The van der Waals surface area contributed by atoms with Crippen LogP contribution in [0.1, 0.15) is 50.0 Å². The number of aryl methyl sites for hydroxylation is 3. The van der Waals surface area contributed by atoms with Gasteiger partial charge in [-0.3, -0.25) is 4.68 Å². The Balaban J connectivity index is 2.26. The van der Waals surface area contributed by atoms with Crippen LogP contribution >= 0.6 is 23.4 Å². The molecule has 0 radical (unpaired) electrons. The second kappa shape index (κ2) is 7.54. The van der Waals surface area contributed by atoms with Crippen LogP contribution in [0.5, 0.6) is 0 Å². The summed E-state index contributed by atoms with van der Waals surface area (Å²) in [6.07, 6.45) is 6.74. The van der Waals surface area contributed by atoms with E-state index in [1.807, 2.05) is 30.4 Å². The highest BCUT2D eigenvalue weighted by Crippen LogP contribution is 2.27. The number of imidazole rings is 1. The van der Waals surface area contributed by atoms with Gasteiger partial charge in [0.05, 0.1) is 11.1 Å². The molecule has 0 aliphatic heterocycles. The summed E-state index contributed by atoms with van der Waals surface area (Å²) in [5.41, 5.74) is 3.19. The fraction of sp³-hybridized carbons (Fsp3) is 0.733. The molecule has 6 heteroatoms. The minimum Gasteiger partial charge on any atom is -0.312 e. The molecule has 0 N–H and O–H groups in total. The van der Waals surface area contributed by atoms with Crippen molar-refractivity contribution in [1.29, 1.82) is 0 Å². The summed E-state index contributed by atoms with van der Waals surface area (Å²) < 4.78 is 4.21. The Morgan fingerprint density at radius 1 is 1.29 bits per heavy atom. The largest absolute Gasteiger partial charge is 0.312 e. The lowest BCUT2D eigenvalue weighted by atomic mass is 10.2. The van der Waals surface area contributed by atoms with E-state index in [4.69, 9.17) is 16.6 Å². The molecule has 2 rings (SSSR count). The van der Waals surface area contributed by atoms with E-state index in [1.165, 1.54) is 18.6 Å². The summed E-state index contributed by atoms with van der Waals surface area (Å²) in [7, 11) is 2.00. The fourth-order valence-corrected chi connectivity index (χ4v) is 3.37. The van der Waals surface area contributed by atoms with Crippen LogP contribution in [0, 0.1) is 0 Å². The van der Waals surface area contributed by atoms with E-state index in [0.717, 1.165) is 42.1 Å². The van der Waals surface area contributed by atoms with Crippen LogP contribution in [0.15, 0.2) is 0 Å². The normalized spacial score (nSPS) is 13.2. The lowest BCUT2D eigenvalue weighted by molar-refractivity contribution is 0.578. The Morgan fingerprint density at radius 2 is 2.05 bits per heavy atom. The average molecular weight is 329 g/mol. The molecule has 0 aromatic carbocycles. The maximum Gasteiger partial charge on any atom is 0.158 e. The molecule has 2 aromatic rings. The maximum atomic E-state index is 6.33. The minimum absolute atomic E-state index is 0.0756. The van der Waals surface area contributed by atoms with E-state index >= 15 is 0 Å². The topological polar surface area (TPSA) is 35.6 Å². The third-order valence-electron chi connectivity index (χ3n) is 3.74. The van der Waals surface area contributed by atoms with E-state index in [9.17, 15) is 0 Å². The number of halogens is 1. The van der Waals surface area contributed by atoms with Gasteiger partial charge in [0, 0.05) is 13.6 Å². The number of hydrogen-bond donors (Lipinski definition) is 0. The number of aromatic nitrogens is 4. The number of hydrogen-bond acceptors (Lipinski definition) is 3. The van der Waals surface area contributed by atoms with Crippen LogP contribution in [0.25, 0.3) is 11.2 Å². The van der Waals surface area contributed by atoms with Gasteiger partial charge in [-0.25, -0.2) is 4.98 Å². The van der Waals surface area contributed by atoms with Gasteiger partial charge in [0.25, 0.3) is 0 Å². The Hall–Kier alpha value is -0.680. The van der Waals surface area contributed by atoms with Crippen molar-refractivity contribution in [2.75, 3.05) is 12.0 Å². The highest BCUT2D eigenvalue weighted by atomic mass is 35.5. The van der Waals surface area contributed by atoms with E-state index < -0.39 is 0 Å². The molecule has 4 nitrogen and oxygen atoms in total. The summed E-state index contributed by atoms with van der Waals surface area (Å²) in [5, 5.41) is 4.50. The van der Waals surface area contributed by atoms with Gasteiger partial charge in [0.15, 0.2) is 5.65 Å². The zero-order valence-corrected chi connectivity index (χ0v) is 15.0. The molecule has 0 aliphatic rings. The quantitative estimate of drug-likeness (QED) is 0.539. The molecule has 21 heavy (non-hydrogen) atoms. The highest BCUT2D eigenvalue weighted by molar-refractivity contribution is 7.98. The van der Waals surface area contributed by atoms with Crippen molar-refractivity contribution >= 4 is 34.5 Å². The van der Waals surface area contributed by atoms with Gasteiger partial charge in [-0.1, -0.05) is 13.3 Å². The summed E-state index contributed by atoms with van der Waals surface area (Å²) in [6.45, 7) is 5.08. The number of thioether (sulfide) groups is 1. The van der Waals surface area contributed by atoms with Crippen LogP contribution in [-0.4, -0.2) is 31.3 Å². The second-order valence-electron chi connectivity index (χ2n) is 5.39. The van der Waals surface area contributed by atoms with E-state index in [1.54, 1.807) is 0 Å². The smallest absolute Gasteiger partial charge is 0.158 e. The summed E-state index contributed by atoms with van der Waals surface area (Å²) in [6, 6.07) is 0. The molecule has 0 bridgehead atoms. The summed E-state index contributed by atoms with van der Waals surface area (Å²) in [5.74, 6) is 2.21. The first-order chi connectivity index (χ1) is 10.1. The maximum absolute atomic E-state index is 6.33. The average Bonchev–Trinajstić information content (AvgIpc) is 2.97. The summed E-state index contributed by atoms with van der Waals surface area (Å²) in [4.78, 5) is 4.76. The predicted octanol–water partition coefficient (Wildman–Crippen LogP) is 4.17. The third-order valence-corrected chi connectivity index (χ3v) is 4.63. The molecule has 2 aromatic heterocycles. The minimum atomic E-state index is -0.0756. The Bertz CT molecular complexity index is 588. The lowest BCUT2D eigenvalue weighted by Crippen LogP contribution is -2.08. The molecule has 0 aliphatic carbocycles. The van der Waals surface area contributed by atoms with Gasteiger partial charge in [-0.2, -0.15) is 16.9 Å². The Kier molecular flexibility index (Phi) is 5.99. The van der Waals surface area contributed by atoms with E-state index in [-0.39, 0.29) is 5.38 Å². The zero-order valence-electron chi connectivity index (χ0n) is 13.4. The molecule has 0 spiro atoms. The number of fused-ring (bicyclic) bond motifs is 1. The van der Waals surface area contributed by atoms with Crippen LogP contribution in [0.4, 0.5) is 0 Å². The molecular weight excluding hydrogens is 304 g/mol. The van der Waals surface area contributed by atoms with Crippen molar-refractivity contribution in [3.05, 3.63) is 11.5 Å². The van der Waals surface area contributed by atoms with Crippen LogP contribution in [-0.2, 0) is 20.0 Å². The van der Waals surface area contributed by atoms with Crippen LogP contribution in [0.3, 0.4) is 0 Å². The van der Waals surface area contributed by atoms with Gasteiger partial charge in [-0.15, -0.1) is 11.6 Å². The fourth-order valence-electron chi connectivity index (χ4n) is 2.71. The molecule has 0 saturated heterocycles. The van der Waals surface area contributed by atoms with Crippen LogP contribution in [0.2, 0.25) is 0 Å². The van der Waals surface area contributed by atoms with Crippen molar-refractivity contribution in [2.24, 2.45) is 7.05 Å². The number of rotatable bonds is 8. The molecule has 1 unspecified atom stereocenters. The number of alkyl halides is 1. The van der Waals surface area contributed by atoms with Gasteiger partial charge in [0.1, 0.15) is 11.3 Å². The second-order valence-corrected chi connectivity index (χ2v) is 7.03. The van der Waals surface area contributed by atoms with E-state index in [2.05, 4.69) is 22.8 Å².